The van der Waals surface area contributed by atoms with Crippen LogP contribution in [0.4, 0.5) is 0 Å². The Morgan fingerprint density at radius 3 is 2.64 bits per heavy atom. The molecule has 11 heavy (non-hydrogen) atoms. The quantitative estimate of drug-likeness (QED) is 0.621. The topological polar surface area (TPSA) is 29.5 Å². The van der Waals surface area contributed by atoms with Crippen LogP contribution in [0, 0.1) is 6.26 Å². The number of hydrogen-bond acceptors (Lipinski definition) is 2. The summed E-state index contributed by atoms with van der Waals surface area (Å²) in [6.07, 6.45) is 5.30. The fraction of sp³-hybridized carbons (Fsp3) is 0.778. The van der Waals surface area contributed by atoms with E-state index >= 15 is 0 Å². The molecule has 2 heteroatoms. The van der Waals surface area contributed by atoms with Gasteiger partial charge in [-0.1, -0.05) is 6.92 Å². The Hall–Kier alpha value is -0.500. The summed E-state index contributed by atoms with van der Waals surface area (Å²) in [7, 11) is 0. The molecule has 0 saturated carbocycles. The molecule has 0 spiro atoms. The minimum atomic E-state index is -0.175. The lowest BCUT2D eigenvalue weighted by molar-refractivity contribution is -0.0149. The van der Waals surface area contributed by atoms with Gasteiger partial charge >= 0.3 is 0 Å². The molecule has 1 radical (unpaired) electrons. The third kappa shape index (κ3) is 5.92. The van der Waals surface area contributed by atoms with Crippen LogP contribution in [-0.4, -0.2) is 17.3 Å². The normalized spacial score (nSPS) is 12.6. The average Bonchev–Trinajstić information content (AvgIpc) is 1.97. The molecular formula is C9H17O2. The van der Waals surface area contributed by atoms with Gasteiger partial charge in [-0.25, -0.2) is 0 Å². The molecule has 0 aromatic rings. The van der Waals surface area contributed by atoms with Crippen LogP contribution in [0.2, 0.25) is 0 Å². The zero-order valence-corrected chi connectivity index (χ0v) is 7.55. The van der Waals surface area contributed by atoms with E-state index in [2.05, 4.69) is 6.92 Å². The molecule has 0 aromatic carbocycles. The molecular weight excluding hydrogens is 140 g/mol. The lowest BCUT2D eigenvalue weighted by Crippen LogP contribution is -2.23. The number of aliphatic hydroxyl groups is 1. The first-order valence-electron chi connectivity index (χ1n) is 3.97. The summed E-state index contributed by atoms with van der Waals surface area (Å²) in [6.45, 7) is 6.84. The van der Waals surface area contributed by atoms with Gasteiger partial charge in [0.15, 0.2) is 6.26 Å². The zero-order valence-electron chi connectivity index (χ0n) is 7.55. The van der Waals surface area contributed by atoms with E-state index in [0.29, 0.717) is 6.42 Å². The smallest absolute Gasteiger partial charge is 0.153 e. The van der Waals surface area contributed by atoms with Gasteiger partial charge in [0, 0.05) is 6.61 Å². The second-order valence-electron chi connectivity index (χ2n) is 3.15. The number of aliphatic hydroxyl groups excluding tert-OH is 1. The Labute approximate surface area is 68.9 Å². The Balaban J connectivity index is 3.60. The Kier molecular flexibility index (Phi) is 4.95. The van der Waals surface area contributed by atoms with Gasteiger partial charge in [-0.15, -0.1) is 0 Å². The third-order valence-electron chi connectivity index (χ3n) is 1.38. The summed E-state index contributed by atoms with van der Waals surface area (Å²) in [5, 5.41) is 8.29. The highest BCUT2D eigenvalue weighted by atomic mass is 16.5. The van der Waals surface area contributed by atoms with E-state index in [9.17, 15) is 0 Å². The average molecular weight is 157 g/mol. The molecule has 1 N–H and O–H groups in total. The molecule has 0 unspecified atom stereocenters. The van der Waals surface area contributed by atoms with Gasteiger partial charge in [-0.3, -0.25) is 0 Å². The highest BCUT2D eigenvalue weighted by molar-refractivity contribution is 4.80. The maximum absolute atomic E-state index is 8.29. The van der Waals surface area contributed by atoms with Crippen LogP contribution in [0.1, 0.15) is 33.6 Å². The van der Waals surface area contributed by atoms with Crippen molar-refractivity contribution in [1.82, 2.24) is 0 Å². The molecule has 65 valence electrons. The minimum absolute atomic E-state index is 0.175. The van der Waals surface area contributed by atoms with E-state index in [4.69, 9.17) is 9.84 Å². The van der Waals surface area contributed by atoms with Crippen molar-refractivity contribution in [3.05, 3.63) is 12.3 Å². The maximum atomic E-state index is 8.29. The second-order valence-corrected chi connectivity index (χ2v) is 3.15. The summed E-state index contributed by atoms with van der Waals surface area (Å²) >= 11 is 0. The maximum Gasteiger partial charge on any atom is 0.153 e. The molecule has 0 bridgehead atoms. The molecule has 0 atom stereocenters. The Morgan fingerprint density at radius 1 is 1.55 bits per heavy atom. The number of ether oxygens (including phenoxy) is 1. The fourth-order valence-electron chi connectivity index (χ4n) is 0.729. The first kappa shape index (κ1) is 10.5. The van der Waals surface area contributed by atoms with Gasteiger partial charge in [0.1, 0.15) is 0 Å². The van der Waals surface area contributed by atoms with E-state index < -0.39 is 0 Å². The zero-order chi connectivity index (χ0) is 8.74. The fourth-order valence-corrected chi connectivity index (χ4v) is 0.729. The van der Waals surface area contributed by atoms with Crippen LogP contribution in [0.25, 0.3) is 0 Å². The van der Waals surface area contributed by atoms with Crippen molar-refractivity contribution in [3.63, 3.8) is 0 Å². The molecule has 2 nitrogen and oxygen atoms in total. The van der Waals surface area contributed by atoms with Gasteiger partial charge in [0.05, 0.1) is 5.60 Å². The van der Waals surface area contributed by atoms with E-state index in [1.165, 1.54) is 0 Å². The lowest BCUT2D eigenvalue weighted by atomic mass is 10.1. The first-order chi connectivity index (χ1) is 5.12. The Morgan fingerprint density at radius 2 is 2.18 bits per heavy atom. The molecule has 0 aliphatic rings. The number of rotatable bonds is 5. The van der Waals surface area contributed by atoms with Crippen LogP contribution in [0.3, 0.4) is 0 Å². The highest BCUT2D eigenvalue weighted by Crippen LogP contribution is 2.14. The molecule has 0 rings (SSSR count). The van der Waals surface area contributed by atoms with Crippen molar-refractivity contribution >= 4 is 0 Å². The van der Waals surface area contributed by atoms with Crippen molar-refractivity contribution in [2.45, 2.75) is 39.2 Å². The van der Waals surface area contributed by atoms with E-state index in [0.717, 1.165) is 13.0 Å². The van der Waals surface area contributed by atoms with Crippen LogP contribution in [0.5, 0.6) is 0 Å². The molecule has 0 fully saturated rings. The third-order valence-corrected chi connectivity index (χ3v) is 1.38. The number of hydrogen-bond donors (Lipinski definition) is 1. The molecule has 0 aliphatic heterocycles. The summed E-state index contributed by atoms with van der Waals surface area (Å²) in [6, 6.07) is 0. The van der Waals surface area contributed by atoms with Gasteiger partial charge < -0.3 is 9.84 Å². The summed E-state index contributed by atoms with van der Waals surface area (Å²) in [5.41, 5.74) is -0.175. The predicted octanol–water partition coefficient (Wildman–Crippen LogP) is 2.46. The van der Waals surface area contributed by atoms with Crippen LogP contribution >= 0.6 is 0 Å². The Bertz CT molecular complexity index is 117. The summed E-state index contributed by atoms with van der Waals surface area (Å²) in [5.74, 6) is 0. The SMILES string of the molecule is CCCOC(C)(C)C/C=[C]/O. The van der Waals surface area contributed by atoms with Crippen LogP contribution < -0.4 is 0 Å². The molecule has 0 heterocycles. The summed E-state index contributed by atoms with van der Waals surface area (Å²) in [4.78, 5) is 0. The van der Waals surface area contributed by atoms with Crippen molar-refractivity contribution in [2.24, 2.45) is 0 Å². The predicted molar refractivity (Wildman–Crippen MR) is 45.4 cm³/mol. The minimum Gasteiger partial charge on any atom is -0.504 e. The monoisotopic (exact) mass is 157 g/mol. The largest absolute Gasteiger partial charge is 0.504 e. The van der Waals surface area contributed by atoms with E-state index in [1.54, 1.807) is 6.08 Å². The van der Waals surface area contributed by atoms with Crippen LogP contribution in [0.15, 0.2) is 6.08 Å². The molecule has 0 saturated heterocycles. The van der Waals surface area contributed by atoms with Crippen molar-refractivity contribution in [1.29, 1.82) is 0 Å². The van der Waals surface area contributed by atoms with Gasteiger partial charge in [0.25, 0.3) is 0 Å². The van der Waals surface area contributed by atoms with Gasteiger partial charge in [0.2, 0.25) is 0 Å². The molecule has 0 amide bonds. The highest BCUT2D eigenvalue weighted by Gasteiger charge is 2.15. The summed E-state index contributed by atoms with van der Waals surface area (Å²) < 4.78 is 5.50. The molecule has 0 aliphatic carbocycles. The van der Waals surface area contributed by atoms with Crippen molar-refractivity contribution in [2.75, 3.05) is 6.61 Å². The van der Waals surface area contributed by atoms with Gasteiger partial charge in [-0.05, 0) is 32.8 Å². The van der Waals surface area contributed by atoms with E-state index in [-0.39, 0.29) is 5.60 Å². The molecule has 0 aromatic heterocycles. The van der Waals surface area contributed by atoms with E-state index in [1.807, 2.05) is 20.1 Å². The van der Waals surface area contributed by atoms with Gasteiger partial charge in [-0.2, -0.15) is 0 Å². The lowest BCUT2D eigenvalue weighted by Gasteiger charge is -2.23. The van der Waals surface area contributed by atoms with Crippen molar-refractivity contribution in [3.8, 4) is 0 Å². The van der Waals surface area contributed by atoms with Crippen LogP contribution in [-0.2, 0) is 4.74 Å². The van der Waals surface area contributed by atoms with Crippen molar-refractivity contribution < 1.29 is 9.84 Å². The first-order valence-corrected chi connectivity index (χ1v) is 3.97. The standard InChI is InChI=1S/C9H17O2/c1-4-8-11-9(2,3)6-5-7-10/h5,10H,4,6,8H2,1-3H3. The second kappa shape index (κ2) is 5.19.